The molecular weight excluding hydrogens is 436 g/mol. The molecule has 2 aliphatic heterocycles. The molecule has 11 heteroatoms. The summed E-state index contributed by atoms with van der Waals surface area (Å²) in [6, 6.07) is 13.3. The number of nitrogens with one attached hydrogen (secondary N) is 1. The van der Waals surface area contributed by atoms with Crippen molar-refractivity contribution in [2.75, 3.05) is 0 Å². The highest BCUT2D eigenvalue weighted by atomic mass is 35.5. The van der Waals surface area contributed by atoms with Crippen LogP contribution in [0, 0.1) is 20.2 Å². The molecule has 32 heavy (non-hydrogen) atoms. The van der Waals surface area contributed by atoms with Crippen molar-refractivity contribution in [3.8, 4) is 0 Å². The number of benzene rings is 2. The van der Waals surface area contributed by atoms with E-state index in [2.05, 4.69) is 10.4 Å². The van der Waals surface area contributed by atoms with Crippen LogP contribution < -0.4 is 5.43 Å². The summed E-state index contributed by atoms with van der Waals surface area (Å²) in [7, 11) is 1.84. The number of hydrazine groups is 1. The smallest absolute Gasteiger partial charge is 0.319 e. The summed E-state index contributed by atoms with van der Waals surface area (Å²) >= 11 is 5.97. The topological polar surface area (TPSA) is 119 Å². The van der Waals surface area contributed by atoms with Crippen molar-refractivity contribution in [3.05, 3.63) is 114 Å². The average molecular weight is 451 g/mol. The Kier molecular flexibility index (Phi) is 4.45. The van der Waals surface area contributed by atoms with Gasteiger partial charge in [0.2, 0.25) is 5.82 Å². The molecule has 3 heterocycles. The van der Waals surface area contributed by atoms with Gasteiger partial charge in [-0.15, -0.1) is 0 Å². The molecule has 2 aromatic carbocycles. The van der Waals surface area contributed by atoms with E-state index in [1.54, 1.807) is 30.5 Å². The predicted molar refractivity (Wildman–Crippen MR) is 118 cm³/mol. The Morgan fingerprint density at radius 2 is 1.78 bits per heavy atom. The van der Waals surface area contributed by atoms with E-state index in [0.717, 1.165) is 17.0 Å². The van der Waals surface area contributed by atoms with Crippen molar-refractivity contribution in [2.24, 2.45) is 12.0 Å². The van der Waals surface area contributed by atoms with E-state index in [1.165, 1.54) is 5.01 Å². The van der Waals surface area contributed by atoms with Crippen LogP contribution in [0.5, 0.6) is 0 Å². The Morgan fingerprint density at radius 1 is 1.06 bits per heavy atom. The van der Waals surface area contributed by atoms with Crippen LogP contribution in [-0.4, -0.2) is 25.3 Å². The van der Waals surface area contributed by atoms with Gasteiger partial charge >= 0.3 is 5.70 Å². The second-order valence-electron chi connectivity index (χ2n) is 7.36. The molecule has 0 saturated carbocycles. The zero-order valence-electron chi connectivity index (χ0n) is 16.6. The molecule has 0 radical (unpaired) electrons. The number of nitrogens with zero attached hydrogens (tertiary/aromatic N) is 5. The number of aliphatic imine (C=N–C) groups is 1. The molecular formula is C21H15ClN6O4. The van der Waals surface area contributed by atoms with Gasteiger partial charge in [-0.2, -0.15) is 0 Å². The number of aromatic nitrogens is 1. The molecule has 1 unspecified atom stereocenters. The highest BCUT2D eigenvalue weighted by molar-refractivity contribution is 6.30. The van der Waals surface area contributed by atoms with Gasteiger partial charge in [0.25, 0.3) is 5.70 Å². The minimum absolute atomic E-state index is 0.00323. The third-order valence-corrected chi connectivity index (χ3v) is 5.72. The number of allylic oxidation sites excluding steroid dienone is 1. The highest BCUT2D eigenvalue weighted by Gasteiger charge is 2.46. The molecule has 0 fully saturated rings. The first-order chi connectivity index (χ1) is 15.3. The molecule has 10 nitrogen and oxygen atoms in total. The number of aryl methyl sites for hydroxylation is 1. The quantitative estimate of drug-likeness (QED) is 0.477. The average Bonchev–Trinajstić information content (AvgIpc) is 3.35. The van der Waals surface area contributed by atoms with E-state index < -0.39 is 21.6 Å². The Balaban J connectivity index is 1.71. The van der Waals surface area contributed by atoms with Crippen LogP contribution >= 0.6 is 11.6 Å². The van der Waals surface area contributed by atoms with E-state index >= 15 is 0 Å². The number of fused-ring (bicyclic) bond motifs is 2. The SMILES string of the molecule is Cn1cc(C2C([N+](=O)[O-])=CC([N+](=O)[O-])=C3N=C(c4ccc(Cl)cc4)NN32)c2ccccc21. The highest BCUT2D eigenvalue weighted by Crippen LogP contribution is 2.42. The van der Waals surface area contributed by atoms with Crippen LogP contribution in [0.2, 0.25) is 5.02 Å². The van der Waals surface area contributed by atoms with Crippen LogP contribution in [0.3, 0.4) is 0 Å². The molecule has 0 spiro atoms. The number of rotatable bonds is 4. The fourth-order valence-electron chi connectivity index (χ4n) is 4.05. The maximum atomic E-state index is 12.0. The second-order valence-corrected chi connectivity index (χ2v) is 7.79. The molecule has 160 valence electrons. The molecule has 5 rings (SSSR count). The van der Waals surface area contributed by atoms with Crippen molar-refractivity contribution >= 4 is 28.3 Å². The number of halogens is 1. The Labute approximate surface area is 186 Å². The normalized spacial score (nSPS) is 17.7. The van der Waals surface area contributed by atoms with Crippen LogP contribution in [0.25, 0.3) is 10.9 Å². The molecule has 1 aromatic heterocycles. The molecule has 2 aliphatic rings. The molecule has 1 N–H and O–H groups in total. The maximum Gasteiger partial charge on any atom is 0.319 e. The number of nitro groups is 2. The second kappa shape index (κ2) is 7.20. The molecule has 0 saturated heterocycles. The lowest BCUT2D eigenvalue weighted by molar-refractivity contribution is -0.445. The van der Waals surface area contributed by atoms with E-state index in [9.17, 15) is 20.2 Å². The number of para-hydroxylation sites is 1. The number of hydrogen-bond donors (Lipinski definition) is 1. The first-order valence-corrected chi connectivity index (χ1v) is 9.92. The van der Waals surface area contributed by atoms with E-state index in [4.69, 9.17) is 11.6 Å². The minimum Gasteiger partial charge on any atom is -0.350 e. The standard InChI is InChI=1S/C21H15ClN6O4/c1-25-11-15(14-4-2-3-5-16(14)25)19-17(27(29)30)10-18(28(31)32)21-23-20(24-26(19)21)12-6-8-13(22)9-7-12/h2-11,19H,1H3,(H,23,24). The zero-order chi connectivity index (χ0) is 22.6. The first kappa shape index (κ1) is 19.8. The summed E-state index contributed by atoms with van der Waals surface area (Å²) in [4.78, 5) is 26.9. The van der Waals surface area contributed by atoms with Gasteiger partial charge < -0.3 is 4.57 Å². The van der Waals surface area contributed by atoms with Crippen LogP contribution in [0.1, 0.15) is 17.2 Å². The van der Waals surface area contributed by atoms with Crippen molar-refractivity contribution in [1.82, 2.24) is 15.0 Å². The summed E-state index contributed by atoms with van der Waals surface area (Å²) < 4.78 is 1.87. The van der Waals surface area contributed by atoms with Crippen molar-refractivity contribution in [3.63, 3.8) is 0 Å². The van der Waals surface area contributed by atoms with Gasteiger partial charge in [0.1, 0.15) is 0 Å². The van der Waals surface area contributed by atoms with Crippen molar-refractivity contribution < 1.29 is 9.85 Å². The molecule has 0 amide bonds. The van der Waals surface area contributed by atoms with Gasteiger partial charge in [0.05, 0.1) is 15.9 Å². The van der Waals surface area contributed by atoms with E-state index in [1.807, 2.05) is 35.9 Å². The Morgan fingerprint density at radius 3 is 2.47 bits per heavy atom. The molecule has 3 aromatic rings. The first-order valence-electron chi connectivity index (χ1n) is 9.54. The number of amidine groups is 1. The third kappa shape index (κ3) is 3.00. The van der Waals surface area contributed by atoms with Gasteiger partial charge in [-0.05, 0) is 30.3 Å². The lowest BCUT2D eigenvalue weighted by atomic mass is 9.99. The van der Waals surface area contributed by atoms with Crippen LogP contribution in [0.15, 0.2) is 83.0 Å². The monoisotopic (exact) mass is 450 g/mol. The van der Waals surface area contributed by atoms with E-state index in [-0.39, 0.29) is 11.5 Å². The van der Waals surface area contributed by atoms with E-state index in [0.29, 0.717) is 22.0 Å². The summed E-state index contributed by atoms with van der Waals surface area (Å²) in [5.74, 6) is 0.336. The summed E-state index contributed by atoms with van der Waals surface area (Å²) in [6.45, 7) is 0. The van der Waals surface area contributed by atoms with Crippen molar-refractivity contribution in [1.29, 1.82) is 0 Å². The lowest BCUT2D eigenvalue weighted by Gasteiger charge is -2.29. The molecule has 0 bridgehead atoms. The van der Waals surface area contributed by atoms with Gasteiger partial charge in [-0.3, -0.25) is 25.7 Å². The van der Waals surface area contributed by atoms with Gasteiger partial charge in [0, 0.05) is 40.3 Å². The van der Waals surface area contributed by atoms with Crippen LogP contribution in [-0.2, 0) is 7.05 Å². The van der Waals surface area contributed by atoms with Gasteiger partial charge in [0.15, 0.2) is 11.9 Å². The zero-order valence-corrected chi connectivity index (χ0v) is 17.4. The summed E-state index contributed by atoms with van der Waals surface area (Å²) in [6.07, 6.45) is 2.79. The summed E-state index contributed by atoms with van der Waals surface area (Å²) in [5.41, 5.74) is 4.42. The predicted octanol–water partition coefficient (Wildman–Crippen LogP) is 3.76. The fraction of sp³-hybridized carbons (Fsp3) is 0.0952. The largest absolute Gasteiger partial charge is 0.350 e. The summed E-state index contributed by atoms with van der Waals surface area (Å²) in [5, 5.41) is 26.5. The number of hydrogen-bond acceptors (Lipinski definition) is 7. The molecule has 1 atom stereocenters. The minimum atomic E-state index is -0.941. The lowest BCUT2D eigenvalue weighted by Crippen LogP contribution is -2.42. The van der Waals surface area contributed by atoms with Crippen LogP contribution in [0.4, 0.5) is 0 Å². The Hall–Kier alpha value is -4.18. The molecule has 0 aliphatic carbocycles. The third-order valence-electron chi connectivity index (χ3n) is 5.47. The maximum absolute atomic E-state index is 12.0. The van der Waals surface area contributed by atoms with Gasteiger partial charge in [-0.1, -0.05) is 29.8 Å². The van der Waals surface area contributed by atoms with Gasteiger partial charge in [-0.25, -0.2) is 10.0 Å². The van der Waals surface area contributed by atoms with Crippen molar-refractivity contribution in [2.45, 2.75) is 6.04 Å². The fourth-order valence-corrected chi connectivity index (χ4v) is 4.17. The Bertz CT molecular complexity index is 1390.